The Hall–Kier alpha value is -2.85. The van der Waals surface area contributed by atoms with Crippen LogP contribution in [0.25, 0.3) is 11.0 Å². The van der Waals surface area contributed by atoms with Crippen LogP contribution in [0.1, 0.15) is 23.7 Å². The van der Waals surface area contributed by atoms with Crippen molar-refractivity contribution >= 4 is 28.5 Å². The highest BCUT2D eigenvalue weighted by molar-refractivity contribution is 6.31. The number of carbonyl (C=O) groups is 1. The molecule has 0 saturated carbocycles. The zero-order valence-corrected chi connectivity index (χ0v) is 14.0. The molecule has 0 bridgehead atoms. The number of fused-ring (bicyclic) bond motifs is 1. The number of ether oxygens (including phenoxy) is 1. The summed E-state index contributed by atoms with van der Waals surface area (Å²) in [4.78, 5) is 24.4. The van der Waals surface area contributed by atoms with Crippen molar-refractivity contribution in [1.82, 2.24) is 0 Å². The molecule has 1 unspecified atom stereocenters. The van der Waals surface area contributed by atoms with Gasteiger partial charge in [0.05, 0.1) is 12.0 Å². The lowest BCUT2D eigenvalue weighted by Crippen LogP contribution is -2.19. The SMILES string of the molecule is C=CCC(=O)OC(c1ccccc1)c1cc2cc(Cl)ccc2oc1=O. The summed E-state index contributed by atoms with van der Waals surface area (Å²) < 4.78 is 10.9. The van der Waals surface area contributed by atoms with Crippen LogP contribution in [0.4, 0.5) is 0 Å². The minimum Gasteiger partial charge on any atom is -0.452 e. The van der Waals surface area contributed by atoms with Gasteiger partial charge in [-0.2, -0.15) is 0 Å². The van der Waals surface area contributed by atoms with Gasteiger partial charge in [-0.15, -0.1) is 6.58 Å². The lowest BCUT2D eigenvalue weighted by Gasteiger charge is -2.17. The second kappa shape index (κ2) is 7.36. The summed E-state index contributed by atoms with van der Waals surface area (Å²) in [7, 11) is 0. The first-order chi connectivity index (χ1) is 12.1. The fourth-order valence-corrected chi connectivity index (χ4v) is 2.71. The summed E-state index contributed by atoms with van der Waals surface area (Å²) in [6.45, 7) is 3.53. The van der Waals surface area contributed by atoms with Gasteiger partial charge in [0.15, 0.2) is 6.10 Å². The predicted molar refractivity (Wildman–Crippen MR) is 96.7 cm³/mol. The fraction of sp³-hybridized carbons (Fsp3) is 0.100. The number of rotatable bonds is 5. The van der Waals surface area contributed by atoms with Gasteiger partial charge in [0.25, 0.3) is 0 Å². The minimum absolute atomic E-state index is 0.0497. The van der Waals surface area contributed by atoms with Crippen LogP contribution >= 0.6 is 11.6 Å². The van der Waals surface area contributed by atoms with E-state index in [1.165, 1.54) is 6.08 Å². The van der Waals surface area contributed by atoms with Gasteiger partial charge in [-0.3, -0.25) is 4.79 Å². The largest absolute Gasteiger partial charge is 0.452 e. The van der Waals surface area contributed by atoms with Gasteiger partial charge >= 0.3 is 11.6 Å². The smallest absolute Gasteiger partial charge is 0.343 e. The second-order valence-electron chi connectivity index (χ2n) is 5.44. The zero-order chi connectivity index (χ0) is 17.8. The number of benzene rings is 2. The lowest BCUT2D eigenvalue weighted by atomic mass is 10.0. The van der Waals surface area contributed by atoms with E-state index in [9.17, 15) is 9.59 Å². The van der Waals surface area contributed by atoms with E-state index in [0.717, 1.165) is 0 Å². The van der Waals surface area contributed by atoms with Crippen LogP contribution < -0.4 is 5.63 Å². The summed E-state index contributed by atoms with van der Waals surface area (Å²) in [5, 5.41) is 1.18. The molecule has 1 heterocycles. The molecule has 5 heteroatoms. The van der Waals surface area contributed by atoms with Crippen molar-refractivity contribution in [2.24, 2.45) is 0 Å². The molecule has 0 spiro atoms. The molecule has 4 nitrogen and oxygen atoms in total. The van der Waals surface area contributed by atoms with Crippen LogP contribution in [-0.4, -0.2) is 5.97 Å². The number of carbonyl (C=O) groups excluding carboxylic acids is 1. The molecule has 2 aromatic carbocycles. The van der Waals surface area contributed by atoms with E-state index in [4.69, 9.17) is 20.8 Å². The maximum Gasteiger partial charge on any atom is 0.343 e. The summed E-state index contributed by atoms with van der Waals surface area (Å²) in [6.07, 6.45) is 0.634. The van der Waals surface area contributed by atoms with Gasteiger partial charge in [-0.05, 0) is 29.8 Å². The van der Waals surface area contributed by atoms with Crippen molar-refractivity contribution in [3.05, 3.63) is 93.8 Å². The van der Waals surface area contributed by atoms with Crippen molar-refractivity contribution in [3.8, 4) is 0 Å². The van der Waals surface area contributed by atoms with Crippen molar-refractivity contribution in [1.29, 1.82) is 0 Å². The number of hydrogen-bond acceptors (Lipinski definition) is 4. The highest BCUT2D eigenvalue weighted by Gasteiger charge is 2.23. The van der Waals surface area contributed by atoms with Crippen LogP contribution in [0.2, 0.25) is 5.02 Å². The lowest BCUT2D eigenvalue weighted by molar-refractivity contribution is -0.146. The van der Waals surface area contributed by atoms with Gasteiger partial charge in [-0.25, -0.2) is 4.79 Å². The Bertz CT molecular complexity index is 976. The average Bonchev–Trinajstić information content (AvgIpc) is 2.61. The number of hydrogen-bond donors (Lipinski definition) is 0. The van der Waals surface area contributed by atoms with Crippen LogP contribution in [-0.2, 0) is 9.53 Å². The Morgan fingerprint density at radius 1 is 1.20 bits per heavy atom. The first kappa shape index (κ1) is 17.0. The molecular formula is C20H15ClO4. The monoisotopic (exact) mass is 354 g/mol. The van der Waals surface area contributed by atoms with E-state index in [-0.39, 0.29) is 12.0 Å². The fourth-order valence-electron chi connectivity index (χ4n) is 2.53. The van der Waals surface area contributed by atoms with E-state index in [2.05, 4.69) is 6.58 Å². The molecule has 126 valence electrons. The average molecular weight is 355 g/mol. The van der Waals surface area contributed by atoms with E-state index in [1.54, 1.807) is 36.4 Å². The van der Waals surface area contributed by atoms with Gasteiger partial charge in [-0.1, -0.05) is 48.0 Å². The molecule has 0 fully saturated rings. The first-order valence-electron chi connectivity index (χ1n) is 7.67. The van der Waals surface area contributed by atoms with Crippen LogP contribution in [0.3, 0.4) is 0 Å². The van der Waals surface area contributed by atoms with Crippen LogP contribution in [0.15, 0.2) is 76.5 Å². The van der Waals surface area contributed by atoms with Crippen molar-refractivity contribution in [2.45, 2.75) is 12.5 Å². The Morgan fingerprint density at radius 2 is 1.96 bits per heavy atom. The molecule has 0 aliphatic rings. The summed E-state index contributed by atoms with van der Waals surface area (Å²) in [5.41, 5.74) is 0.768. The third-order valence-electron chi connectivity index (χ3n) is 3.67. The van der Waals surface area contributed by atoms with Crippen LogP contribution in [0.5, 0.6) is 0 Å². The van der Waals surface area contributed by atoms with E-state index < -0.39 is 17.7 Å². The Morgan fingerprint density at radius 3 is 2.68 bits per heavy atom. The molecule has 3 rings (SSSR count). The molecule has 1 aromatic heterocycles. The summed E-state index contributed by atoms with van der Waals surface area (Å²) in [6, 6.07) is 15.6. The molecule has 3 aromatic rings. The molecule has 0 N–H and O–H groups in total. The minimum atomic E-state index is -0.867. The Kier molecular flexibility index (Phi) is 5.00. The topological polar surface area (TPSA) is 56.5 Å². The second-order valence-corrected chi connectivity index (χ2v) is 5.88. The van der Waals surface area contributed by atoms with E-state index in [0.29, 0.717) is 21.6 Å². The third kappa shape index (κ3) is 3.80. The normalized spacial score (nSPS) is 11.9. The molecule has 0 aliphatic carbocycles. The third-order valence-corrected chi connectivity index (χ3v) is 3.90. The van der Waals surface area contributed by atoms with Gasteiger partial charge in [0.1, 0.15) is 5.58 Å². The maximum absolute atomic E-state index is 12.5. The highest BCUT2D eigenvalue weighted by Crippen LogP contribution is 2.27. The van der Waals surface area contributed by atoms with Gasteiger partial charge in [0, 0.05) is 10.4 Å². The van der Waals surface area contributed by atoms with Gasteiger partial charge in [0.2, 0.25) is 0 Å². The summed E-state index contributed by atoms with van der Waals surface area (Å²) >= 11 is 6.02. The molecule has 25 heavy (non-hydrogen) atoms. The molecule has 0 saturated heterocycles. The van der Waals surface area contributed by atoms with Crippen molar-refractivity contribution in [2.75, 3.05) is 0 Å². The number of halogens is 1. The van der Waals surface area contributed by atoms with Crippen molar-refractivity contribution in [3.63, 3.8) is 0 Å². The quantitative estimate of drug-likeness (QED) is 0.380. The van der Waals surface area contributed by atoms with Gasteiger partial charge < -0.3 is 9.15 Å². The van der Waals surface area contributed by atoms with E-state index >= 15 is 0 Å². The number of esters is 1. The zero-order valence-electron chi connectivity index (χ0n) is 13.3. The molecule has 0 aliphatic heterocycles. The van der Waals surface area contributed by atoms with Crippen LogP contribution in [0, 0.1) is 0 Å². The predicted octanol–water partition coefficient (Wildman–Crippen LogP) is 4.66. The Labute approximate surface area is 149 Å². The Balaban J connectivity index is 2.13. The molecular weight excluding hydrogens is 340 g/mol. The van der Waals surface area contributed by atoms with E-state index in [1.807, 2.05) is 18.2 Å². The summed E-state index contributed by atoms with van der Waals surface area (Å²) in [5.74, 6) is -0.477. The van der Waals surface area contributed by atoms with Crippen molar-refractivity contribution < 1.29 is 13.9 Å². The highest BCUT2D eigenvalue weighted by atomic mass is 35.5. The molecule has 0 radical (unpaired) electrons. The maximum atomic E-state index is 12.5. The first-order valence-corrected chi connectivity index (χ1v) is 8.05. The standard InChI is InChI=1S/C20H15ClO4/c1-2-6-18(22)25-19(13-7-4-3-5-8-13)16-12-14-11-15(21)9-10-17(14)24-20(16)23/h2-5,7-12,19H,1,6H2. The molecule has 1 atom stereocenters. The molecule has 0 amide bonds.